The van der Waals surface area contributed by atoms with Gasteiger partial charge >= 0.3 is 0 Å². The summed E-state index contributed by atoms with van der Waals surface area (Å²) in [5.41, 5.74) is 0. The van der Waals surface area contributed by atoms with E-state index in [1.54, 1.807) is 0 Å². The van der Waals surface area contributed by atoms with Crippen LogP contribution < -0.4 is 0 Å². The van der Waals surface area contributed by atoms with Gasteiger partial charge in [0.2, 0.25) is 5.91 Å². The molecule has 0 aromatic heterocycles. The Balaban J connectivity index is 2.46. The monoisotopic (exact) mass is 361 g/mol. The lowest BCUT2D eigenvalue weighted by Gasteiger charge is -2.44. The van der Waals surface area contributed by atoms with Crippen LogP contribution in [0.15, 0.2) is 0 Å². The number of carbonyl (C=O) groups excluding carboxylic acids is 1. The van der Waals surface area contributed by atoms with Crippen molar-refractivity contribution >= 4 is 5.91 Å². The average molecular weight is 361 g/mol. The van der Waals surface area contributed by atoms with Gasteiger partial charge in [0.25, 0.3) is 0 Å². The molecule has 0 aromatic carbocycles. The number of aliphatic hydroxyl groups is 4. The van der Waals surface area contributed by atoms with Crippen molar-refractivity contribution in [2.24, 2.45) is 0 Å². The lowest BCUT2D eigenvalue weighted by Crippen LogP contribution is -2.65. The van der Waals surface area contributed by atoms with Crippen LogP contribution in [-0.4, -0.2) is 75.0 Å². The van der Waals surface area contributed by atoms with E-state index >= 15 is 0 Å². The molecule has 5 atom stereocenters. The Kier molecular flexibility index (Phi) is 10.5. The smallest absolute Gasteiger partial charge is 0.219 e. The van der Waals surface area contributed by atoms with E-state index in [2.05, 4.69) is 6.92 Å². The molecule has 1 heterocycles. The van der Waals surface area contributed by atoms with Crippen molar-refractivity contribution < 1.29 is 30.0 Å². The van der Waals surface area contributed by atoms with Gasteiger partial charge in [-0.2, -0.15) is 0 Å². The van der Waals surface area contributed by atoms with Gasteiger partial charge in [0, 0.05) is 13.5 Å². The van der Waals surface area contributed by atoms with Crippen LogP contribution in [0.2, 0.25) is 0 Å². The number of ether oxygens (including phenoxy) is 1. The molecule has 4 N–H and O–H groups in total. The number of aliphatic hydroxyl groups excluding tert-OH is 4. The molecule has 0 bridgehead atoms. The Hall–Kier alpha value is -0.730. The molecule has 1 aliphatic rings. The van der Waals surface area contributed by atoms with Gasteiger partial charge in [-0.15, -0.1) is 0 Å². The minimum atomic E-state index is -1.44. The fourth-order valence-electron chi connectivity index (χ4n) is 3.35. The third-order valence-electron chi connectivity index (χ3n) is 4.88. The molecule has 0 radical (unpaired) electrons. The summed E-state index contributed by atoms with van der Waals surface area (Å²) in [5.74, 6) is -0.288. The first-order valence-electron chi connectivity index (χ1n) is 9.51. The topological polar surface area (TPSA) is 110 Å². The molecule has 1 fully saturated rings. The summed E-state index contributed by atoms with van der Waals surface area (Å²) in [5, 5.41) is 39.5. The summed E-state index contributed by atoms with van der Waals surface area (Å²) < 4.78 is 5.15. The summed E-state index contributed by atoms with van der Waals surface area (Å²) >= 11 is 0. The van der Waals surface area contributed by atoms with Crippen molar-refractivity contribution in [1.29, 1.82) is 0 Å². The van der Waals surface area contributed by atoms with Crippen molar-refractivity contribution in [2.45, 2.75) is 95.9 Å². The lowest BCUT2D eigenvalue weighted by molar-refractivity contribution is -0.270. The van der Waals surface area contributed by atoms with Crippen LogP contribution in [-0.2, 0) is 9.53 Å². The van der Waals surface area contributed by atoms with E-state index in [1.807, 2.05) is 0 Å². The van der Waals surface area contributed by atoms with E-state index < -0.39 is 37.3 Å². The molecule has 0 aliphatic carbocycles. The summed E-state index contributed by atoms with van der Waals surface area (Å²) in [4.78, 5) is 13.3. The Bertz CT molecular complexity index is 381. The zero-order valence-electron chi connectivity index (χ0n) is 15.5. The minimum absolute atomic E-state index is 0.288. The largest absolute Gasteiger partial charge is 0.394 e. The molecule has 148 valence electrons. The standard InChI is InChI=1S/C18H35NO6/c1-3-4-5-6-7-8-9-10-11-19(13(2)21)15-17(23)16(22)14(12-20)25-18(15)24/h14-18,20,22-24H,3-12H2,1-2H3/t14-,15-,16-,17-,18-/m1/s1. The van der Waals surface area contributed by atoms with Crippen LogP contribution in [0.1, 0.15) is 65.2 Å². The maximum absolute atomic E-state index is 11.9. The quantitative estimate of drug-likeness (QED) is 0.405. The van der Waals surface area contributed by atoms with Gasteiger partial charge in [-0.25, -0.2) is 0 Å². The van der Waals surface area contributed by atoms with E-state index in [9.17, 15) is 20.1 Å². The number of hydrogen-bond acceptors (Lipinski definition) is 6. The molecule has 1 aliphatic heterocycles. The number of nitrogens with zero attached hydrogens (tertiary/aromatic N) is 1. The Morgan fingerprint density at radius 3 is 2.04 bits per heavy atom. The molecule has 0 aromatic rings. The Morgan fingerprint density at radius 1 is 0.960 bits per heavy atom. The predicted octanol–water partition coefficient (Wildman–Crippen LogP) is 0.775. The van der Waals surface area contributed by atoms with Crippen LogP contribution in [0, 0.1) is 0 Å². The summed E-state index contributed by atoms with van der Waals surface area (Å²) in [6, 6.07) is -1.03. The predicted molar refractivity (Wildman–Crippen MR) is 93.8 cm³/mol. The summed E-state index contributed by atoms with van der Waals surface area (Å²) in [6.45, 7) is 3.44. The summed E-state index contributed by atoms with van der Waals surface area (Å²) in [6.07, 6.45) is 3.79. The second-order valence-corrected chi connectivity index (χ2v) is 6.91. The average Bonchev–Trinajstić information content (AvgIpc) is 2.58. The highest BCUT2D eigenvalue weighted by atomic mass is 16.6. The van der Waals surface area contributed by atoms with E-state index in [-0.39, 0.29) is 5.91 Å². The first-order chi connectivity index (χ1) is 11.9. The van der Waals surface area contributed by atoms with Gasteiger partial charge in [-0.05, 0) is 6.42 Å². The number of carbonyl (C=O) groups is 1. The van der Waals surface area contributed by atoms with Gasteiger partial charge in [-0.1, -0.05) is 51.9 Å². The van der Waals surface area contributed by atoms with E-state index in [4.69, 9.17) is 9.84 Å². The fraction of sp³-hybridized carbons (Fsp3) is 0.944. The van der Waals surface area contributed by atoms with E-state index in [0.29, 0.717) is 6.54 Å². The summed E-state index contributed by atoms with van der Waals surface area (Å²) in [7, 11) is 0. The molecule has 1 saturated heterocycles. The fourth-order valence-corrected chi connectivity index (χ4v) is 3.35. The van der Waals surface area contributed by atoms with Gasteiger partial charge < -0.3 is 30.1 Å². The molecule has 0 saturated carbocycles. The highest BCUT2D eigenvalue weighted by Crippen LogP contribution is 2.24. The zero-order chi connectivity index (χ0) is 18.8. The van der Waals surface area contributed by atoms with Crippen molar-refractivity contribution in [2.75, 3.05) is 13.2 Å². The van der Waals surface area contributed by atoms with Crippen LogP contribution in [0.25, 0.3) is 0 Å². The third-order valence-corrected chi connectivity index (χ3v) is 4.88. The van der Waals surface area contributed by atoms with E-state index in [0.717, 1.165) is 19.3 Å². The van der Waals surface area contributed by atoms with Gasteiger partial charge in [0.1, 0.15) is 24.4 Å². The number of unbranched alkanes of at least 4 members (excludes halogenated alkanes) is 7. The molecule has 1 amide bonds. The number of hydrogen-bond donors (Lipinski definition) is 4. The third kappa shape index (κ3) is 6.83. The number of rotatable bonds is 11. The Morgan fingerprint density at radius 2 is 1.52 bits per heavy atom. The lowest BCUT2D eigenvalue weighted by atomic mass is 9.95. The molecule has 0 unspecified atom stereocenters. The first-order valence-corrected chi connectivity index (χ1v) is 9.51. The van der Waals surface area contributed by atoms with Crippen LogP contribution in [0.5, 0.6) is 0 Å². The highest BCUT2D eigenvalue weighted by Gasteiger charge is 2.46. The van der Waals surface area contributed by atoms with Crippen molar-refractivity contribution in [1.82, 2.24) is 4.90 Å². The normalized spacial score (nSPS) is 29.6. The van der Waals surface area contributed by atoms with Gasteiger partial charge in [0.15, 0.2) is 6.29 Å². The minimum Gasteiger partial charge on any atom is -0.394 e. The first kappa shape index (κ1) is 22.3. The molecular weight excluding hydrogens is 326 g/mol. The zero-order valence-corrected chi connectivity index (χ0v) is 15.5. The van der Waals surface area contributed by atoms with Crippen molar-refractivity contribution in [3.63, 3.8) is 0 Å². The second-order valence-electron chi connectivity index (χ2n) is 6.91. The SMILES string of the molecule is CCCCCCCCCCN(C(C)=O)[C@@H]1[C@@H](O)[C@H](O)[C@@H](CO)O[C@H]1O. The Labute approximate surface area is 150 Å². The molecule has 7 nitrogen and oxygen atoms in total. The van der Waals surface area contributed by atoms with Crippen molar-refractivity contribution in [3.8, 4) is 0 Å². The maximum Gasteiger partial charge on any atom is 0.219 e. The molecular formula is C18H35NO6. The maximum atomic E-state index is 11.9. The highest BCUT2D eigenvalue weighted by molar-refractivity contribution is 5.73. The molecule has 0 spiro atoms. The molecule has 25 heavy (non-hydrogen) atoms. The van der Waals surface area contributed by atoms with Crippen LogP contribution in [0.3, 0.4) is 0 Å². The number of amides is 1. The van der Waals surface area contributed by atoms with Gasteiger partial charge in [0.05, 0.1) is 6.61 Å². The van der Waals surface area contributed by atoms with E-state index in [1.165, 1.54) is 43.9 Å². The molecule has 7 heteroatoms. The van der Waals surface area contributed by atoms with Crippen LogP contribution in [0.4, 0.5) is 0 Å². The van der Waals surface area contributed by atoms with Gasteiger partial charge in [-0.3, -0.25) is 4.79 Å². The van der Waals surface area contributed by atoms with Crippen molar-refractivity contribution in [3.05, 3.63) is 0 Å². The second kappa shape index (κ2) is 11.8. The molecule has 1 rings (SSSR count). The van der Waals surface area contributed by atoms with Crippen LogP contribution >= 0.6 is 0 Å².